The highest BCUT2D eigenvalue weighted by Crippen LogP contribution is 2.25. The quantitative estimate of drug-likeness (QED) is 0.0655. The minimum atomic E-state index is -2.60. The number of aliphatic carboxylic acids is 2. The number of nitrogens with two attached hydrogens (primary N) is 1. The zero-order valence-corrected chi connectivity index (χ0v) is 77.6. The summed E-state index contributed by atoms with van der Waals surface area (Å²) in [6.07, 6.45) is -0.548. The number of carboxylic acids is 2. The van der Waals surface area contributed by atoms with Gasteiger partial charge < -0.3 is 122 Å². The third-order valence-electron chi connectivity index (χ3n) is 21.8. The SMILES string of the molecule is CC[C@H](C)[C@@H]1NC(=O)[C@@H]2NC(=O)[C@@H](CC(C)C)NC(=O)[C@@H](NC(=O)[C@@H]3CSC[C@@H](N)C(=O)N[C@@H](CO)C(=O)NCC(=O)N[C@H](Cc4c[nH]c5ccccc45)C(=O)N[C@@H](C(C)C)C(=O)N3)[C@H](C)SC[C@@H](NC(=O)[C@H](CCC(=O)O)NC1=O)C(=O)NCC(=O)N[C@@H]1C(=O)N[C@@H](CC(C)C)C(=O)N[C@@H](C(C)C)C(=O)N[C@@H](CS[C@H]2C)C(=O)N[C@@H](C)C(=O)N[C@H](C(=O)O)C[S@](=O)[C@H]1C. The lowest BCUT2D eigenvalue weighted by Crippen LogP contribution is -2.63. The molecule has 48 heteroatoms. The van der Waals surface area contributed by atoms with Gasteiger partial charge in [-0.1, -0.05) is 108 Å². The normalized spacial score (nSPS) is 30.2. The Kier molecular flexibility index (Phi) is 41.9. The van der Waals surface area contributed by atoms with E-state index in [9.17, 15) is 77.1 Å². The number of fused-ring (bicyclic) bond motifs is 19. The number of aliphatic hydroxyl groups excluding tert-OH is 1. The predicted molar refractivity (Wildman–Crippen MR) is 476 cm³/mol. The van der Waals surface area contributed by atoms with Crippen molar-refractivity contribution in [3.05, 3.63) is 36.0 Å². The molecule has 18 amide bonds. The average molecular weight is 1890 g/mol. The molecule has 6 rings (SSSR count). The topological polar surface area (TPSA) is 678 Å². The number of hydrogen-bond donors (Lipinski definition) is 23. The fourth-order valence-electron chi connectivity index (χ4n) is 13.9. The Morgan fingerprint density at radius 1 is 0.496 bits per heavy atom. The van der Waals surface area contributed by atoms with Gasteiger partial charge in [0.25, 0.3) is 0 Å². The molecule has 0 radical (unpaired) electrons. The number of amides is 18. The molecular formula is C81H124N20O24S4. The number of para-hydroxylation sites is 1. The van der Waals surface area contributed by atoms with Crippen LogP contribution in [0, 0.1) is 29.6 Å². The lowest BCUT2D eigenvalue weighted by atomic mass is 9.96. The van der Waals surface area contributed by atoms with Gasteiger partial charge in [-0.05, 0) is 74.3 Å². The number of rotatable bonds is 17. The van der Waals surface area contributed by atoms with Crippen LogP contribution in [0.1, 0.15) is 135 Å². The number of aliphatic hydroxyl groups is 1. The van der Waals surface area contributed by atoms with E-state index >= 15 is 38.4 Å². The summed E-state index contributed by atoms with van der Waals surface area (Å²) in [5, 5.41) is 72.4. The monoisotopic (exact) mass is 1890 g/mol. The predicted octanol–water partition coefficient (Wildman–Crippen LogP) is -6.39. The highest BCUT2D eigenvalue weighted by molar-refractivity contribution is 8.00. The van der Waals surface area contributed by atoms with Crippen LogP contribution >= 0.6 is 35.3 Å². The number of H-pyrrole nitrogens is 1. The summed E-state index contributed by atoms with van der Waals surface area (Å²) in [5.74, 6) is -30.3. The van der Waals surface area contributed by atoms with Crippen LogP contribution < -0.4 is 101 Å². The standard InChI is InChI=1S/C81H124N20O24S4/c1-15-38(10)61-77(119)88-47(20-21-58(105)106)69(111)92-53-31-127-40(12)62(101-74(116)52-30-126-29-45(82)66(108)91-51(28-102)67(109)84-26-56(103)87-50(72(114)98-59(36(6)7)75(117)93-52)24-43-25-83-46-19-17-16-18-44(43)46)78(120)89-49(23-35(4)5)71(113)100-63(79(121)99-61)41(13)128-32-54-73(115)86-39(11)65(107)95-55(81(123)124)33-129(125)42(14)64(96-57(104)27-85-68(53)110)80(122)90-48(22-34(2)3)70(112)97-60(37(8)9)76(118)94-54/h16-19,25,34-42,45,47-55,59-64,83,102H,15,20-24,26-33,82H2,1-14H3,(H,84,109)(H,85,110)(H,86,115)(H,87,103)(H,88,119)(H,89,120)(H,90,122)(H,91,108)(H,92,111)(H,93,117)(H,94,118)(H,95,107)(H,96,104)(H,97,112)(H,98,114)(H,99,121)(H,100,113)(H,101,116)(H,105,106)(H,123,124)/t38-,39-,40-,41-,42-,45+,47-,48-,49+,50+,51-,52-,53+,54-,55-,59-,60-,61-,62-,63+,64-,129-/m0/s1. The molecule has 4 fully saturated rings. The number of carbonyl (C=O) groups is 20. The maximum Gasteiger partial charge on any atom is 0.327 e. The summed E-state index contributed by atoms with van der Waals surface area (Å²) in [4.78, 5) is 296. The second-order valence-corrected chi connectivity index (χ2v) is 39.6. The van der Waals surface area contributed by atoms with Crippen LogP contribution in [0.25, 0.3) is 10.9 Å². The Hall–Kier alpha value is -10.7. The molecule has 129 heavy (non-hydrogen) atoms. The maximum atomic E-state index is 15.9. The largest absolute Gasteiger partial charge is 0.481 e. The molecule has 4 aliphatic rings. The Morgan fingerprint density at radius 3 is 1.59 bits per heavy atom. The Labute approximate surface area is 761 Å². The van der Waals surface area contributed by atoms with Crippen LogP contribution in [0.3, 0.4) is 0 Å². The number of thioether (sulfide) groups is 3. The molecule has 22 atom stereocenters. The second kappa shape index (κ2) is 50.5. The zero-order valence-electron chi connectivity index (χ0n) is 74.3. The van der Waals surface area contributed by atoms with E-state index in [4.69, 9.17) is 5.73 Å². The first kappa shape index (κ1) is 107. The van der Waals surface area contributed by atoms with E-state index < -0.39 is 338 Å². The summed E-state index contributed by atoms with van der Waals surface area (Å²) in [7, 11) is -2.60. The molecule has 4 aliphatic heterocycles. The molecule has 4 saturated heterocycles. The minimum absolute atomic E-state index is 0.0969. The van der Waals surface area contributed by atoms with Crippen LogP contribution in [0.2, 0.25) is 0 Å². The van der Waals surface area contributed by atoms with Gasteiger partial charge in [0.15, 0.2) is 0 Å². The lowest BCUT2D eigenvalue weighted by Gasteiger charge is -2.32. The maximum absolute atomic E-state index is 15.9. The van der Waals surface area contributed by atoms with E-state index in [1.807, 2.05) is 0 Å². The van der Waals surface area contributed by atoms with Crippen molar-refractivity contribution in [1.82, 2.24) is 101 Å². The first-order chi connectivity index (χ1) is 60.6. The summed E-state index contributed by atoms with van der Waals surface area (Å²) >= 11 is 2.12. The van der Waals surface area contributed by atoms with Crippen LogP contribution in [-0.4, -0.2) is 310 Å². The highest BCUT2D eigenvalue weighted by Gasteiger charge is 2.45. The van der Waals surface area contributed by atoms with Gasteiger partial charge in [-0.15, -0.1) is 0 Å². The van der Waals surface area contributed by atoms with Gasteiger partial charge in [0.1, 0.15) is 96.7 Å². The van der Waals surface area contributed by atoms with Gasteiger partial charge >= 0.3 is 11.9 Å². The molecule has 1 aromatic carbocycles. The fourth-order valence-corrected chi connectivity index (χ4v) is 18.5. The molecule has 0 aliphatic carbocycles. The van der Waals surface area contributed by atoms with Crippen molar-refractivity contribution in [3.63, 3.8) is 0 Å². The van der Waals surface area contributed by atoms with Crippen LogP contribution in [0.15, 0.2) is 30.5 Å². The molecule has 1 aromatic heterocycles. The number of aromatic nitrogens is 1. The number of benzene rings is 1. The third-order valence-corrected chi connectivity index (χ3v) is 27.4. The van der Waals surface area contributed by atoms with Crippen molar-refractivity contribution in [1.29, 1.82) is 0 Å². The van der Waals surface area contributed by atoms with Crippen LogP contribution in [-0.2, 0) is 113 Å². The molecule has 0 saturated carbocycles. The molecule has 0 unspecified atom stereocenters. The molecule has 44 nitrogen and oxygen atoms in total. The number of aromatic amines is 1. The van der Waals surface area contributed by atoms with E-state index in [1.165, 1.54) is 48.5 Å². The van der Waals surface area contributed by atoms with Gasteiger partial charge in [0, 0.05) is 74.3 Å². The summed E-state index contributed by atoms with van der Waals surface area (Å²) in [6, 6.07) is -23.2. The molecule has 4 bridgehead atoms. The molecule has 2 aromatic rings. The van der Waals surface area contributed by atoms with Crippen LogP contribution in [0.5, 0.6) is 0 Å². The van der Waals surface area contributed by atoms with Crippen molar-refractivity contribution < 1.29 is 115 Å². The van der Waals surface area contributed by atoms with Crippen molar-refractivity contribution >= 4 is 175 Å². The highest BCUT2D eigenvalue weighted by atomic mass is 32.2. The van der Waals surface area contributed by atoms with Crippen molar-refractivity contribution in [2.75, 3.05) is 48.5 Å². The Balaban J connectivity index is 1.61. The van der Waals surface area contributed by atoms with E-state index in [-0.39, 0.29) is 25.7 Å². The second-order valence-electron chi connectivity index (χ2n) is 33.9. The van der Waals surface area contributed by atoms with E-state index in [0.717, 1.165) is 25.6 Å². The minimum Gasteiger partial charge on any atom is -0.481 e. The van der Waals surface area contributed by atoms with Crippen molar-refractivity contribution in [2.24, 2.45) is 35.3 Å². The number of carboxylic acid groups (broad SMARTS) is 2. The lowest BCUT2D eigenvalue weighted by molar-refractivity contribution is -0.141. The summed E-state index contributed by atoms with van der Waals surface area (Å²) < 4.78 is 14.6. The molecular weight excluding hydrogens is 1770 g/mol. The van der Waals surface area contributed by atoms with Crippen molar-refractivity contribution in [2.45, 2.75) is 254 Å². The summed E-state index contributed by atoms with van der Waals surface area (Å²) in [5.41, 5.74) is 7.53. The van der Waals surface area contributed by atoms with Gasteiger partial charge in [-0.2, -0.15) is 35.3 Å². The first-order valence-corrected chi connectivity index (χ1v) is 47.2. The average Bonchev–Trinajstić information content (AvgIpc) is 1.71. The third kappa shape index (κ3) is 32.1. The molecule has 5 heterocycles. The van der Waals surface area contributed by atoms with Gasteiger partial charge in [-0.25, -0.2) is 4.79 Å². The smallest absolute Gasteiger partial charge is 0.327 e. The first-order valence-electron chi connectivity index (χ1n) is 42.6. The van der Waals surface area contributed by atoms with Gasteiger partial charge in [0.05, 0.1) is 36.7 Å². The number of nitrogens with one attached hydrogen (secondary N) is 19. The fraction of sp³-hybridized carbons (Fsp3) is 0.654. The van der Waals surface area contributed by atoms with Gasteiger partial charge in [0.2, 0.25) is 106 Å². The molecule has 24 N–H and O–H groups in total. The van der Waals surface area contributed by atoms with Crippen molar-refractivity contribution in [3.8, 4) is 0 Å². The van der Waals surface area contributed by atoms with Crippen LogP contribution in [0.4, 0.5) is 0 Å². The van der Waals surface area contributed by atoms with E-state index in [1.54, 1.807) is 65.1 Å². The zero-order chi connectivity index (χ0) is 96.3. The number of hydrogen-bond acceptors (Lipinski definition) is 26. The van der Waals surface area contributed by atoms with E-state index in [2.05, 4.69) is 101 Å². The number of carbonyl (C=O) groups excluding carboxylic acids is 18. The Morgan fingerprint density at radius 2 is 1.00 bits per heavy atom. The summed E-state index contributed by atoms with van der Waals surface area (Å²) in [6.45, 7) is 17.9. The van der Waals surface area contributed by atoms with Gasteiger partial charge in [-0.3, -0.25) is 95.3 Å². The molecule has 716 valence electrons. The van der Waals surface area contributed by atoms with E-state index in [0.29, 0.717) is 40.0 Å². The Bertz CT molecular complexity index is 4460. The molecule has 0 spiro atoms.